The molecule has 2 N–H and O–H groups in total. The molecule has 2 rings (SSSR count). The topological polar surface area (TPSA) is 49.3 Å². The third-order valence-corrected chi connectivity index (χ3v) is 4.55. The normalized spacial score (nSPS) is 26.0. The lowest BCUT2D eigenvalue weighted by Gasteiger charge is -2.39. The lowest BCUT2D eigenvalue weighted by Crippen LogP contribution is -2.53. The summed E-state index contributed by atoms with van der Waals surface area (Å²) in [6, 6.07) is 7.77. The van der Waals surface area contributed by atoms with Gasteiger partial charge < -0.3 is 10.4 Å². The minimum atomic E-state index is -0.448. The molecule has 2 unspecified atom stereocenters. The molecular formula is C17H22BrNO2. The van der Waals surface area contributed by atoms with Crippen LogP contribution in [0.15, 0.2) is 34.8 Å². The van der Waals surface area contributed by atoms with Crippen LogP contribution in [-0.4, -0.2) is 23.2 Å². The summed E-state index contributed by atoms with van der Waals surface area (Å²) in [6.45, 7) is 2.18. The fourth-order valence-electron chi connectivity index (χ4n) is 3.04. The number of hydrogen-bond acceptors (Lipinski definition) is 2. The van der Waals surface area contributed by atoms with E-state index in [1.54, 1.807) is 12.2 Å². The van der Waals surface area contributed by atoms with Crippen LogP contribution in [0.25, 0.3) is 6.08 Å². The molecule has 114 valence electrons. The van der Waals surface area contributed by atoms with Gasteiger partial charge in [0, 0.05) is 10.5 Å². The van der Waals surface area contributed by atoms with Gasteiger partial charge in [0.2, 0.25) is 5.91 Å². The van der Waals surface area contributed by atoms with E-state index in [4.69, 9.17) is 0 Å². The highest BCUT2D eigenvalue weighted by Gasteiger charge is 2.35. The van der Waals surface area contributed by atoms with Crippen LogP contribution in [0, 0.1) is 5.92 Å². The lowest BCUT2D eigenvalue weighted by atomic mass is 9.77. The zero-order chi connectivity index (χ0) is 15.3. The maximum absolute atomic E-state index is 12.1. The van der Waals surface area contributed by atoms with Crippen molar-refractivity contribution in [2.24, 2.45) is 5.92 Å². The standard InChI is InChI=1S/C17H22BrNO2/c1-13-4-3-9-17(11-13,12-20)19-16(21)8-7-14-5-2-6-15(18)10-14/h2,5-8,10,13,20H,3-4,9,11-12H2,1H3,(H,19,21). The second-order valence-corrected chi connectivity index (χ2v) is 6.93. The summed E-state index contributed by atoms with van der Waals surface area (Å²) in [7, 11) is 0. The molecule has 4 heteroatoms. The Kier molecular flexibility index (Phi) is 5.59. The maximum atomic E-state index is 12.1. The largest absolute Gasteiger partial charge is 0.394 e. The van der Waals surface area contributed by atoms with Crippen molar-refractivity contribution < 1.29 is 9.90 Å². The predicted molar refractivity (Wildman–Crippen MR) is 88.8 cm³/mol. The fraction of sp³-hybridized carbons (Fsp3) is 0.471. The van der Waals surface area contributed by atoms with Gasteiger partial charge in [0.25, 0.3) is 0 Å². The summed E-state index contributed by atoms with van der Waals surface area (Å²) in [5.74, 6) is 0.401. The van der Waals surface area contributed by atoms with Crippen LogP contribution in [0.4, 0.5) is 0 Å². The summed E-state index contributed by atoms with van der Waals surface area (Å²) < 4.78 is 0.984. The van der Waals surface area contributed by atoms with Gasteiger partial charge in [0.1, 0.15) is 0 Å². The van der Waals surface area contributed by atoms with Gasteiger partial charge in [-0.25, -0.2) is 0 Å². The van der Waals surface area contributed by atoms with Crippen molar-refractivity contribution in [1.82, 2.24) is 5.32 Å². The molecule has 2 atom stereocenters. The molecule has 1 fully saturated rings. The minimum absolute atomic E-state index is 0.00774. The molecule has 1 saturated carbocycles. The number of hydrogen-bond donors (Lipinski definition) is 2. The first-order chi connectivity index (χ1) is 10.0. The Morgan fingerprint density at radius 3 is 3.05 bits per heavy atom. The number of carbonyl (C=O) groups excluding carboxylic acids is 1. The number of aliphatic hydroxyl groups is 1. The molecule has 0 spiro atoms. The number of benzene rings is 1. The van der Waals surface area contributed by atoms with Crippen molar-refractivity contribution in [3.05, 3.63) is 40.4 Å². The van der Waals surface area contributed by atoms with E-state index in [0.717, 1.165) is 29.3 Å². The minimum Gasteiger partial charge on any atom is -0.394 e. The van der Waals surface area contributed by atoms with E-state index < -0.39 is 5.54 Å². The van der Waals surface area contributed by atoms with E-state index in [0.29, 0.717) is 5.92 Å². The van der Waals surface area contributed by atoms with Crippen molar-refractivity contribution >= 4 is 27.9 Å². The molecule has 21 heavy (non-hydrogen) atoms. The zero-order valence-electron chi connectivity index (χ0n) is 12.3. The van der Waals surface area contributed by atoms with Crippen molar-refractivity contribution in [2.45, 2.75) is 38.1 Å². The van der Waals surface area contributed by atoms with E-state index in [-0.39, 0.29) is 12.5 Å². The Balaban J connectivity index is 2.00. The molecule has 0 radical (unpaired) electrons. The summed E-state index contributed by atoms with van der Waals surface area (Å²) >= 11 is 3.41. The second kappa shape index (κ2) is 7.23. The first kappa shape index (κ1) is 16.2. The summed E-state index contributed by atoms with van der Waals surface area (Å²) in [4.78, 5) is 12.1. The molecule has 1 aliphatic rings. The van der Waals surface area contributed by atoms with E-state index >= 15 is 0 Å². The molecule has 0 saturated heterocycles. The Labute approximate surface area is 134 Å². The number of halogens is 1. The Hall–Kier alpha value is -1.13. The molecule has 0 aromatic heterocycles. The summed E-state index contributed by atoms with van der Waals surface area (Å²) in [5.41, 5.74) is 0.519. The highest BCUT2D eigenvalue weighted by atomic mass is 79.9. The van der Waals surface area contributed by atoms with E-state index in [1.165, 1.54) is 6.42 Å². The molecular weight excluding hydrogens is 330 g/mol. The van der Waals surface area contributed by atoms with Gasteiger partial charge in [-0.2, -0.15) is 0 Å². The van der Waals surface area contributed by atoms with Crippen LogP contribution in [0.3, 0.4) is 0 Å². The predicted octanol–water partition coefficient (Wildman–Crippen LogP) is 3.52. The first-order valence-corrected chi connectivity index (χ1v) is 8.19. The molecule has 1 aliphatic carbocycles. The van der Waals surface area contributed by atoms with Gasteiger partial charge in [-0.3, -0.25) is 4.79 Å². The van der Waals surface area contributed by atoms with Gasteiger partial charge in [-0.05, 0) is 42.5 Å². The van der Waals surface area contributed by atoms with Gasteiger partial charge in [0.15, 0.2) is 0 Å². The van der Waals surface area contributed by atoms with Crippen molar-refractivity contribution in [1.29, 1.82) is 0 Å². The Morgan fingerprint density at radius 2 is 2.38 bits per heavy atom. The number of aliphatic hydroxyl groups excluding tert-OH is 1. The number of rotatable bonds is 4. The van der Waals surface area contributed by atoms with E-state index in [2.05, 4.69) is 28.2 Å². The van der Waals surface area contributed by atoms with Crippen molar-refractivity contribution in [2.75, 3.05) is 6.61 Å². The SMILES string of the molecule is CC1CCCC(CO)(NC(=O)C=Cc2cccc(Br)c2)C1. The molecule has 1 amide bonds. The van der Waals surface area contributed by atoms with E-state index in [1.807, 2.05) is 24.3 Å². The van der Waals surface area contributed by atoms with Crippen LogP contribution < -0.4 is 5.32 Å². The average Bonchev–Trinajstić information content (AvgIpc) is 2.45. The number of nitrogens with one attached hydrogen (secondary N) is 1. The quantitative estimate of drug-likeness (QED) is 0.815. The monoisotopic (exact) mass is 351 g/mol. The molecule has 1 aromatic rings. The fourth-order valence-corrected chi connectivity index (χ4v) is 3.46. The third-order valence-electron chi connectivity index (χ3n) is 4.06. The Bertz CT molecular complexity index is 529. The van der Waals surface area contributed by atoms with Crippen molar-refractivity contribution in [3.8, 4) is 0 Å². The number of carbonyl (C=O) groups is 1. The smallest absolute Gasteiger partial charge is 0.244 e. The van der Waals surface area contributed by atoms with Gasteiger partial charge in [-0.1, -0.05) is 47.8 Å². The molecule has 0 aliphatic heterocycles. The summed E-state index contributed by atoms with van der Waals surface area (Å²) in [5, 5.41) is 12.7. The lowest BCUT2D eigenvalue weighted by molar-refractivity contribution is -0.119. The van der Waals surface area contributed by atoms with Crippen LogP contribution in [0.5, 0.6) is 0 Å². The van der Waals surface area contributed by atoms with Gasteiger partial charge >= 0.3 is 0 Å². The number of amides is 1. The van der Waals surface area contributed by atoms with Gasteiger partial charge in [-0.15, -0.1) is 0 Å². The summed E-state index contributed by atoms with van der Waals surface area (Å²) in [6.07, 6.45) is 7.25. The maximum Gasteiger partial charge on any atom is 0.244 e. The van der Waals surface area contributed by atoms with Crippen LogP contribution in [-0.2, 0) is 4.79 Å². The van der Waals surface area contributed by atoms with Crippen molar-refractivity contribution in [3.63, 3.8) is 0 Å². The average molecular weight is 352 g/mol. The molecule has 0 heterocycles. The molecule has 3 nitrogen and oxygen atoms in total. The Morgan fingerprint density at radius 1 is 1.57 bits per heavy atom. The zero-order valence-corrected chi connectivity index (χ0v) is 13.9. The molecule has 0 bridgehead atoms. The van der Waals surface area contributed by atoms with Gasteiger partial charge in [0.05, 0.1) is 12.1 Å². The molecule has 1 aromatic carbocycles. The second-order valence-electron chi connectivity index (χ2n) is 6.02. The third kappa shape index (κ3) is 4.68. The first-order valence-electron chi connectivity index (χ1n) is 7.40. The highest BCUT2D eigenvalue weighted by molar-refractivity contribution is 9.10. The highest BCUT2D eigenvalue weighted by Crippen LogP contribution is 2.31. The van der Waals surface area contributed by atoms with E-state index in [9.17, 15) is 9.90 Å². The van der Waals surface area contributed by atoms with Crippen LogP contribution in [0.1, 0.15) is 38.2 Å². The van der Waals surface area contributed by atoms with Crippen LogP contribution >= 0.6 is 15.9 Å². The van der Waals surface area contributed by atoms with Crippen LogP contribution in [0.2, 0.25) is 0 Å².